The minimum atomic E-state index is 0.0174. The van der Waals surface area contributed by atoms with Gasteiger partial charge in [0.2, 0.25) is 0 Å². The smallest absolute Gasteiger partial charge is 0.0844 e. The zero-order chi connectivity index (χ0) is 9.03. The van der Waals surface area contributed by atoms with Gasteiger partial charge in [-0.25, -0.2) is 0 Å². The summed E-state index contributed by atoms with van der Waals surface area (Å²) in [6.45, 7) is 2.14. The number of hydrazine groups is 1. The standard InChI is InChI=1S/C9H20N2O/c1-3-8(11-10)9(12-2)6-4-5-7-9/h8,11H,3-7,10H2,1-2H3. The first kappa shape index (κ1) is 9.96. The Labute approximate surface area is 74.6 Å². The van der Waals surface area contributed by atoms with E-state index in [-0.39, 0.29) is 5.60 Å². The lowest BCUT2D eigenvalue weighted by Crippen LogP contribution is -2.52. The highest BCUT2D eigenvalue weighted by Crippen LogP contribution is 2.36. The van der Waals surface area contributed by atoms with Crippen LogP contribution in [-0.2, 0) is 4.74 Å². The van der Waals surface area contributed by atoms with Crippen molar-refractivity contribution >= 4 is 0 Å². The number of hydrogen-bond acceptors (Lipinski definition) is 3. The van der Waals surface area contributed by atoms with Gasteiger partial charge in [0.1, 0.15) is 0 Å². The molecule has 1 fully saturated rings. The summed E-state index contributed by atoms with van der Waals surface area (Å²) in [5, 5.41) is 0. The Kier molecular flexibility index (Phi) is 3.50. The monoisotopic (exact) mass is 172 g/mol. The molecule has 0 heterocycles. The van der Waals surface area contributed by atoms with Gasteiger partial charge >= 0.3 is 0 Å². The number of rotatable bonds is 4. The second kappa shape index (κ2) is 4.21. The molecule has 1 unspecified atom stereocenters. The Balaban J connectivity index is 2.63. The summed E-state index contributed by atoms with van der Waals surface area (Å²) in [4.78, 5) is 0. The number of nitrogens with two attached hydrogens (primary N) is 1. The zero-order valence-electron chi connectivity index (χ0n) is 8.10. The molecular formula is C9H20N2O. The first-order valence-corrected chi connectivity index (χ1v) is 4.80. The minimum absolute atomic E-state index is 0.0174. The Morgan fingerprint density at radius 1 is 1.50 bits per heavy atom. The van der Waals surface area contributed by atoms with E-state index < -0.39 is 0 Å². The summed E-state index contributed by atoms with van der Waals surface area (Å²) in [5.74, 6) is 5.49. The molecule has 1 aliphatic carbocycles. The second-order valence-electron chi connectivity index (χ2n) is 3.60. The molecule has 1 rings (SSSR count). The van der Waals surface area contributed by atoms with Crippen molar-refractivity contribution in [3.63, 3.8) is 0 Å². The molecule has 0 spiro atoms. The molecule has 0 aromatic carbocycles. The van der Waals surface area contributed by atoms with Gasteiger partial charge in [-0.05, 0) is 19.3 Å². The van der Waals surface area contributed by atoms with Gasteiger partial charge in [0.05, 0.1) is 5.60 Å². The van der Waals surface area contributed by atoms with Gasteiger partial charge in [-0.15, -0.1) is 0 Å². The van der Waals surface area contributed by atoms with Crippen molar-refractivity contribution in [2.24, 2.45) is 5.84 Å². The predicted molar refractivity (Wildman–Crippen MR) is 49.6 cm³/mol. The maximum atomic E-state index is 5.60. The maximum Gasteiger partial charge on any atom is 0.0844 e. The normalized spacial score (nSPS) is 24.2. The lowest BCUT2D eigenvalue weighted by molar-refractivity contribution is -0.0366. The van der Waals surface area contributed by atoms with Crippen LogP contribution >= 0.6 is 0 Å². The summed E-state index contributed by atoms with van der Waals surface area (Å²) in [6.07, 6.45) is 5.86. The summed E-state index contributed by atoms with van der Waals surface area (Å²) in [7, 11) is 1.80. The SMILES string of the molecule is CCC(NN)C1(OC)CCCC1. The number of hydrogen-bond donors (Lipinski definition) is 2. The van der Waals surface area contributed by atoms with Gasteiger partial charge in [0, 0.05) is 13.2 Å². The molecule has 0 aliphatic heterocycles. The van der Waals surface area contributed by atoms with Crippen LogP contribution in [0.2, 0.25) is 0 Å². The van der Waals surface area contributed by atoms with Crippen molar-refractivity contribution in [2.75, 3.05) is 7.11 Å². The number of methoxy groups -OCH3 is 1. The zero-order valence-corrected chi connectivity index (χ0v) is 8.10. The summed E-state index contributed by atoms with van der Waals surface area (Å²) in [6, 6.07) is 0.310. The van der Waals surface area contributed by atoms with Gasteiger partial charge in [-0.1, -0.05) is 19.8 Å². The predicted octanol–water partition coefficient (Wildman–Crippen LogP) is 1.19. The molecule has 72 valence electrons. The van der Waals surface area contributed by atoms with Crippen molar-refractivity contribution < 1.29 is 4.74 Å². The van der Waals surface area contributed by atoms with E-state index in [0.29, 0.717) is 6.04 Å². The van der Waals surface area contributed by atoms with Crippen LogP contribution in [-0.4, -0.2) is 18.8 Å². The van der Waals surface area contributed by atoms with E-state index in [1.807, 2.05) is 0 Å². The van der Waals surface area contributed by atoms with Crippen LogP contribution in [0.15, 0.2) is 0 Å². The van der Waals surface area contributed by atoms with Crippen molar-refractivity contribution in [1.82, 2.24) is 5.43 Å². The Hall–Kier alpha value is -0.120. The van der Waals surface area contributed by atoms with Crippen molar-refractivity contribution in [1.29, 1.82) is 0 Å². The molecule has 0 saturated heterocycles. The van der Waals surface area contributed by atoms with Crippen molar-refractivity contribution in [3.05, 3.63) is 0 Å². The topological polar surface area (TPSA) is 47.3 Å². The van der Waals surface area contributed by atoms with Gasteiger partial charge in [-0.3, -0.25) is 11.3 Å². The molecule has 1 saturated carbocycles. The Morgan fingerprint density at radius 3 is 2.42 bits per heavy atom. The van der Waals surface area contributed by atoms with Crippen LogP contribution in [0.25, 0.3) is 0 Å². The van der Waals surface area contributed by atoms with E-state index in [0.717, 1.165) is 19.3 Å². The molecule has 3 N–H and O–H groups in total. The third-order valence-corrected chi connectivity index (χ3v) is 3.10. The third kappa shape index (κ3) is 1.63. The quantitative estimate of drug-likeness (QED) is 0.494. The van der Waals surface area contributed by atoms with Crippen molar-refractivity contribution in [2.45, 2.75) is 50.7 Å². The molecule has 3 nitrogen and oxygen atoms in total. The fraction of sp³-hybridized carbons (Fsp3) is 1.00. The highest BCUT2D eigenvalue weighted by atomic mass is 16.5. The van der Waals surface area contributed by atoms with Crippen LogP contribution < -0.4 is 11.3 Å². The van der Waals surface area contributed by atoms with Crippen LogP contribution in [0, 0.1) is 0 Å². The largest absolute Gasteiger partial charge is 0.377 e. The average molecular weight is 172 g/mol. The molecular weight excluding hydrogens is 152 g/mol. The van der Waals surface area contributed by atoms with Crippen LogP contribution in [0.1, 0.15) is 39.0 Å². The second-order valence-corrected chi connectivity index (χ2v) is 3.60. The first-order chi connectivity index (χ1) is 5.79. The molecule has 0 radical (unpaired) electrons. The van der Waals surface area contributed by atoms with E-state index in [9.17, 15) is 0 Å². The van der Waals surface area contributed by atoms with E-state index in [1.54, 1.807) is 7.11 Å². The number of nitrogens with one attached hydrogen (secondary N) is 1. The minimum Gasteiger partial charge on any atom is -0.377 e. The van der Waals surface area contributed by atoms with Crippen LogP contribution in [0.5, 0.6) is 0 Å². The van der Waals surface area contributed by atoms with Gasteiger partial charge in [0.15, 0.2) is 0 Å². The maximum absolute atomic E-state index is 5.60. The lowest BCUT2D eigenvalue weighted by atomic mass is 9.90. The lowest BCUT2D eigenvalue weighted by Gasteiger charge is -2.35. The molecule has 0 amide bonds. The van der Waals surface area contributed by atoms with Gasteiger partial charge < -0.3 is 4.74 Å². The van der Waals surface area contributed by atoms with Crippen LogP contribution in [0.3, 0.4) is 0 Å². The third-order valence-electron chi connectivity index (χ3n) is 3.10. The summed E-state index contributed by atoms with van der Waals surface area (Å²) < 4.78 is 5.60. The van der Waals surface area contributed by atoms with Crippen molar-refractivity contribution in [3.8, 4) is 0 Å². The fourth-order valence-corrected chi connectivity index (χ4v) is 2.31. The highest BCUT2D eigenvalue weighted by molar-refractivity contribution is 4.95. The van der Waals surface area contributed by atoms with E-state index >= 15 is 0 Å². The molecule has 0 aromatic rings. The van der Waals surface area contributed by atoms with Gasteiger partial charge in [-0.2, -0.15) is 0 Å². The molecule has 12 heavy (non-hydrogen) atoms. The van der Waals surface area contributed by atoms with Crippen LogP contribution in [0.4, 0.5) is 0 Å². The molecule has 1 aliphatic rings. The fourth-order valence-electron chi connectivity index (χ4n) is 2.31. The summed E-state index contributed by atoms with van der Waals surface area (Å²) in [5.41, 5.74) is 2.88. The first-order valence-electron chi connectivity index (χ1n) is 4.80. The van der Waals surface area contributed by atoms with E-state index in [4.69, 9.17) is 10.6 Å². The molecule has 0 bridgehead atoms. The molecule has 0 aromatic heterocycles. The van der Waals surface area contributed by atoms with Gasteiger partial charge in [0.25, 0.3) is 0 Å². The molecule has 1 atom stereocenters. The number of ether oxygens (including phenoxy) is 1. The average Bonchev–Trinajstić information content (AvgIpc) is 2.56. The molecule has 3 heteroatoms. The Bertz CT molecular complexity index is 128. The Morgan fingerprint density at radius 2 is 2.08 bits per heavy atom. The highest BCUT2D eigenvalue weighted by Gasteiger charge is 2.39. The van der Waals surface area contributed by atoms with E-state index in [2.05, 4.69) is 12.3 Å². The van der Waals surface area contributed by atoms with E-state index in [1.165, 1.54) is 12.8 Å². The summed E-state index contributed by atoms with van der Waals surface area (Å²) >= 11 is 0.